The number of amides is 1. The van der Waals surface area contributed by atoms with Gasteiger partial charge in [-0.25, -0.2) is 0 Å². The van der Waals surface area contributed by atoms with Crippen molar-refractivity contribution in [1.29, 1.82) is 0 Å². The van der Waals surface area contributed by atoms with Gasteiger partial charge in [-0.2, -0.15) is 0 Å². The zero-order valence-electron chi connectivity index (χ0n) is 17.3. The van der Waals surface area contributed by atoms with Crippen molar-refractivity contribution in [3.05, 3.63) is 44.8 Å². The second kappa shape index (κ2) is 8.86. The Labute approximate surface area is 188 Å². The van der Waals surface area contributed by atoms with Gasteiger partial charge in [0.25, 0.3) is 5.91 Å². The molecule has 0 spiro atoms. The smallest absolute Gasteiger partial charge is 0.255 e. The fourth-order valence-electron chi connectivity index (χ4n) is 4.45. The van der Waals surface area contributed by atoms with Crippen LogP contribution < -0.4 is 15.2 Å². The van der Waals surface area contributed by atoms with Crippen molar-refractivity contribution in [2.24, 2.45) is 5.73 Å². The first kappa shape index (κ1) is 21.6. The molecule has 0 aromatic heterocycles. The Morgan fingerprint density at radius 2 is 1.68 bits per heavy atom. The predicted octanol–water partition coefficient (Wildman–Crippen LogP) is 3.84. The molecule has 0 fully saturated rings. The molecule has 164 valence electrons. The molecule has 2 aliphatic carbocycles. The third-order valence-electron chi connectivity index (χ3n) is 5.66. The number of Topliss-reactive ketones (excluding diaryl/α,β-unsaturated/α-hetero) is 2. The normalized spacial score (nSPS) is 19.0. The van der Waals surface area contributed by atoms with Gasteiger partial charge in [0.1, 0.15) is 11.5 Å². The number of carbonyl (C=O) groups is 3. The molecule has 8 heteroatoms. The van der Waals surface area contributed by atoms with Gasteiger partial charge in [0.05, 0.1) is 11.1 Å². The minimum atomic E-state index is -0.604. The predicted molar refractivity (Wildman–Crippen MR) is 116 cm³/mol. The van der Waals surface area contributed by atoms with Gasteiger partial charge in [-0.05, 0) is 53.4 Å². The summed E-state index contributed by atoms with van der Waals surface area (Å²) in [4.78, 5) is 37.1. The van der Waals surface area contributed by atoms with Gasteiger partial charge in [0, 0.05) is 42.7 Å². The van der Waals surface area contributed by atoms with Gasteiger partial charge in [-0.3, -0.25) is 14.4 Å². The van der Waals surface area contributed by atoms with Gasteiger partial charge < -0.3 is 19.9 Å². The summed E-state index contributed by atoms with van der Waals surface area (Å²) in [7, 11) is 0. The number of allylic oxidation sites excluding steroid dienone is 4. The third-order valence-corrected chi connectivity index (χ3v) is 6.25. The van der Waals surface area contributed by atoms with Crippen molar-refractivity contribution >= 4 is 33.4 Å². The standard InChI is InChI=1S/C23H24BrNO6/c1-2-29-18-10-12(9-13(24)23(18)30-11-19(25)28)20-21-14(26)5-3-7-16(21)31-17-8-4-6-15(27)22(17)20/h9-10,20H,2-8,11H2,1H3,(H2,25,28). The van der Waals surface area contributed by atoms with Crippen LogP contribution in [0.2, 0.25) is 0 Å². The first-order chi connectivity index (χ1) is 14.9. The summed E-state index contributed by atoms with van der Waals surface area (Å²) >= 11 is 3.50. The minimum Gasteiger partial charge on any atom is -0.490 e. The SMILES string of the molecule is CCOc1cc(C2C3=C(CCCC3=O)OC3=C2C(=O)CCC3)cc(Br)c1OCC(N)=O. The van der Waals surface area contributed by atoms with Crippen LogP contribution in [0.3, 0.4) is 0 Å². The molecule has 1 amide bonds. The molecule has 0 saturated carbocycles. The van der Waals surface area contributed by atoms with E-state index in [4.69, 9.17) is 19.9 Å². The Bertz CT molecular complexity index is 983. The fourth-order valence-corrected chi connectivity index (χ4v) is 5.03. The number of halogens is 1. The second-order valence-electron chi connectivity index (χ2n) is 7.78. The molecule has 1 aromatic carbocycles. The Hall–Kier alpha value is -2.61. The number of ketones is 2. The van der Waals surface area contributed by atoms with E-state index >= 15 is 0 Å². The van der Waals surface area contributed by atoms with Crippen molar-refractivity contribution in [2.75, 3.05) is 13.2 Å². The van der Waals surface area contributed by atoms with Crippen molar-refractivity contribution in [3.63, 3.8) is 0 Å². The van der Waals surface area contributed by atoms with Crippen LogP contribution in [0.15, 0.2) is 39.3 Å². The first-order valence-electron chi connectivity index (χ1n) is 10.5. The van der Waals surface area contributed by atoms with Gasteiger partial charge in [0.2, 0.25) is 0 Å². The maximum atomic E-state index is 12.9. The van der Waals surface area contributed by atoms with E-state index in [-0.39, 0.29) is 18.2 Å². The summed E-state index contributed by atoms with van der Waals surface area (Å²) in [6.45, 7) is 1.91. The van der Waals surface area contributed by atoms with Gasteiger partial charge >= 0.3 is 0 Å². The lowest BCUT2D eigenvalue weighted by molar-refractivity contribution is -0.120. The molecule has 1 aromatic rings. The van der Waals surface area contributed by atoms with Crippen LogP contribution in [-0.4, -0.2) is 30.7 Å². The van der Waals surface area contributed by atoms with E-state index in [2.05, 4.69) is 15.9 Å². The van der Waals surface area contributed by atoms with Crippen molar-refractivity contribution < 1.29 is 28.6 Å². The quantitative estimate of drug-likeness (QED) is 0.650. The number of benzene rings is 1. The highest BCUT2D eigenvalue weighted by Crippen LogP contribution is 2.50. The molecule has 2 N–H and O–H groups in total. The Morgan fingerprint density at radius 1 is 1.06 bits per heavy atom. The molecular weight excluding hydrogens is 466 g/mol. The van der Waals surface area contributed by atoms with E-state index in [9.17, 15) is 14.4 Å². The van der Waals surface area contributed by atoms with Gasteiger partial charge in [-0.15, -0.1) is 0 Å². The topological polar surface area (TPSA) is 105 Å². The molecule has 1 heterocycles. The number of carbonyl (C=O) groups excluding carboxylic acids is 3. The number of hydrogen-bond acceptors (Lipinski definition) is 6. The lowest BCUT2D eigenvalue weighted by Crippen LogP contribution is -2.30. The summed E-state index contributed by atoms with van der Waals surface area (Å²) in [5, 5.41) is 0. The molecule has 7 nitrogen and oxygen atoms in total. The van der Waals surface area contributed by atoms with E-state index in [1.54, 1.807) is 6.07 Å². The molecular formula is C23H24BrNO6. The molecule has 0 unspecified atom stereocenters. The van der Waals surface area contributed by atoms with E-state index in [0.717, 1.165) is 18.4 Å². The Kier molecular flexibility index (Phi) is 6.18. The molecule has 0 atom stereocenters. The zero-order valence-corrected chi connectivity index (χ0v) is 18.9. The Balaban J connectivity index is 1.86. The van der Waals surface area contributed by atoms with E-state index in [0.29, 0.717) is 70.9 Å². The number of ether oxygens (including phenoxy) is 3. The van der Waals surface area contributed by atoms with Crippen molar-refractivity contribution in [2.45, 2.75) is 51.4 Å². The number of primary amides is 1. The molecule has 0 bridgehead atoms. The van der Waals surface area contributed by atoms with Crippen LogP contribution in [0, 0.1) is 0 Å². The minimum absolute atomic E-state index is 0.0133. The third kappa shape index (κ3) is 4.13. The highest BCUT2D eigenvalue weighted by atomic mass is 79.9. The Morgan fingerprint density at radius 3 is 2.23 bits per heavy atom. The van der Waals surface area contributed by atoms with Crippen LogP contribution in [0.4, 0.5) is 0 Å². The molecule has 4 rings (SSSR count). The van der Waals surface area contributed by atoms with E-state index in [1.165, 1.54) is 0 Å². The maximum absolute atomic E-state index is 12.9. The summed E-state index contributed by atoms with van der Waals surface area (Å²) in [5.41, 5.74) is 7.10. The zero-order chi connectivity index (χ0) is 22.1. The number of rotatable bonds is 6. The highest BCUT2D eigenvalue weighted by Gasteiger charge is 2.42. The van der Waals surface area contributed by atoms with Crippen LogP contribution in [0.5, 0.6) is 11.5 Å². The lowest BCUT2D eigenvalue weighted by Gasteiger charge is -2.36. The summed E-state index contributed by atoms with van der Waals surface area (Å²) in [6.07, 6.45) is 3.73. The monoisotopic (exact) mass is 489 g/mol. The second-order valence-corrected chi connectivity index (χ2v) is 8.63. The number of hydrogen-bond donors (Lipinski definition) is 1. The van der Waals surface area contributed by atoms with Crippen LogP contribution in [0.1, 0.15) is 56.9 Å². The summed E-state index contributed by atoms with van der Waals surface area (Å²) < 4.78 is 18.0. The molecule has 1 aliphatic heterocycles. The number of nitrogens with two attached hydrogens (primary N) is 1. The summed E-state index contributed by atoms with van der Waals surface area (Å²) in [6, 6.07) is 3.59. The van der Waals surface area contributed by atoms with Crippen LogP contribution >= 0.6 is 15.9 Å². The highest BCUT2D eigenvalue weighted by molar-refractivity contribution is 9.10. The van der Waals surface area contributed by atoms with Gasteiger partial charge in [0.15, 0.2) is 29.7 Å². The molecule has 0 saturated heterocycles. The first-order valence-corrected chi connectivity index (χ1v) is 11.3. The summed E-state index contributed by atoms with van der Waals surface area (Å²) in [5.74, 6) is 1.04. The average molecular weight is 490 g/mol. The molecule has 0 radical (unpaired) electrons. The average Bonchev–Trinajstić information content (AvgIpc) is 2.72. The fraction of sp³-hybridized carbons (Fsp3) is 0.435. The van der Waals surface area contributed by atoms with Gasteiger partial charge in [-0.1, -0.05) is 0 Å². The van der Waals surface area contributed by atoms with E-state index < -0.39 is 11.8 Å². The van der Waals surface area contributed by atoms with E-state index in [1.807, 2.05) is 13.0 Å². The van der Waals surface area contributed by atoms with Crippen molar-refractivity contribution in [1.82, 2.24) is 0 Å². The molecule has 3 aliphatic rings. The maximum Gasteiger partial charge on any atom is 0.255 e. The van der Waals surface area contributed by atoms with Crippen LogP contribution in [-0.2, 0) is 19.1 Å². The molecule has 31 heavy (non-hydrogen) atoms. The largest absolute Gasteiger partial charge is 0.490 e. The lowest BCUT2D eigenvalue weighted by atomic mass is 9.73. The van der Waals surface area contributed by atoms with Crippen molar-refractivity contribution in [3.8, 4) is 11.5 Å². The van der Waals surface area contributed by atoms with Crippen LogP contribution in [0.25, 0.3) is 0 Å².